The van der Waals surface area contributed by atoms with Gasteiger partial charge < -0.3 is 16.0 Å². The number of carbonyl (C=O) groups excluding carboxylic acids is 1. The van der Waals surface area contributed by atoms with Crippen LogP contribution in [0, 0.1) is 11.7 Å². The van der Waals surface area contributed by atoms with Crippen molar-refractivity contribution in [2.75, 3.05) is 20.1 Å². The van der Waals surface area contributed by atoms with Crippen LogP contribution in [0.25, 0.3) is 0 Å². The van der Waals surface area contributed by atoms with Gasteiger partial charge in [-0.25, -0.2) is 4.39 Å². The maximum Gasteiger partial charge on any atom is 0.220 e. The zero-order valence-electron chi connectivity index (χ0n) is 14.7. The van der Waals surface area contributed by atoms with Crippen molar-refractivity contribution in [3.63, 3.8) is 0 Å². The molecule has 1 aromatic carbocycles. The first kappa shape index (κ1) is 21.7. The first-order valence-corrected chi connectivity index (χ1v) is 8.63. The molecule has 2 rings (SSSR count). The molecule has 0 unspecified atom stereocenters. The van der Waals surface area contributed by atoms with Crippen LogP contribution in [-0.2, 0) is 11.3 Å². The van der Waals surface area contributed by atoms with Gasteiger partial charge >= 0.3 is 0 Å². The maximum atomic E-state index is 12.9. The maximum absolute atomic E-state index is 12.9. The molecule has 1 aromatic rings. The molecule has 7 heteroatoms. The van der Waals surface area contributed by atoms with Crippen molar-refractivity contribution in [2.24, 2.45) is 10.9 Å². The molecule has 0 aliphatic heterocycles. The average Bonchev–Trinajstić information content (AvgIpc) is 3.08. The smallest absolute Gasteiger partial charge is 0.220 e. The number of aliphatic imine (C=N–C) groups is 1. The lowest BCUT2D eigenvalue weighted by Gasteiger charge is -2.13. The van der Waals surface area contributed by atoms with Crippen molar-refractivity contribution in [3.05, 3.63) is 35.6 Å². The third kappa shape index (κ3) is 8.51. The molecule has 25 heavy (non-hydrogen) atoms. The first-order valence-electron chi connectivity index (χ1n) is 8.63. The normalized spacial score (nSPS) is 14.7. The number of benzene rings is 1. The Morgan fingerprint density at radius 2 is 1.76 bits per heavy atom. The van der Waals surface area contributed by atoms with Gasteiger partial charge in [0.2, 0.25) is 5.91 Å². The van der Waals surface area contributed by atoms with Crippen molar-refractivity contribution in [1.82, 2.24) is 16.0 Å². The van der Waals surface area contributed by atoms with Crippen LogP contribution in [0.1, 0.15) is 37.7 Å². The SMILES string of the molecule is CN=C(NCCNC(=O)CC1CCCC1)NCc1ccc(F)cc1.I. The Labute approximate surface area is 166 Å². The molecule has 0 radical (unpaired) electrons. The minimum atomic E-state index is -0.241. The Kier molecular flexibility index (Phi) is 10.4. The second-order valence-corrected chi connectivity index (χ2v) is 6.18. The summed E-state index contributed by atoms with van der Waals surface area (Å²) in [7, 11) is 1.69. The van der Waals surface area contributed by atoms with Crippen molar-refractivity contribution in [2.45, 2.75) is 38.6 Å². The van der Waals surface area contributed by atoms with Gasteiger partial charge in [-0.15, -0.1) is 24.0 Å². The first-order chi connectivity index (χ1) is 11.7. The van der Waals surface area contributed by atoms with E-state index in [1.165, 1.54) is 37.8 Å². The average molecular weight is 462 g/mol. The number of carbonyl (C=O) groups is 1. The number of guanidine groups is 1. The number of hydrogen-bond acceptors (Lipinski definition) is 2. The van der Waals surface area contributed by atoms with Crippen LogP contribution in [0.15, 0.2) is 29.3 Å². The van der Waals surface area contributed by atoms with E-state index in [1.54, 1.807) is 19.2 Å². The standard InChI is InChI=1S/C18H27FN4O.HI/c1-20-18(23-13-15-6-8-16(19)9-7-15)22-11-10-21-17(24)12-14-4-2-3-5-14;/h6-9,14H,2-5,10-13H2,1H3,(H,21,24)(H2,20,22,23);1H. The van der Waals surface area contributed by atoms with Gasteiger partial charge in [-0.3, -0.25) is 9.79 Å². The van der Waals surface area contributed by atoms with E-state index in [-0.39, 0.29) is 35.7 Å². The lowest BCUT2D eigenvalue weighted by molar-refractivity contribution is -0.121. The Bertz CT molecular complexity index is 545. The van der Waals surface area contributed by atoms with E-state index in [4.69, 9.17) is 0 Å². The number of hydrogen-bond donors (Lipinski definition) is 3. The summed E-state index contributed by atoms with van der Waals surface area (Å²) in [5.41, 5.74) is 0.976. The fraction of sp³-hybridized carbons (Fsp3) is 0.556. The fourth-order valence-electron chi connectivity index (χ4n) is 2.94. The molecule has 0 atom stereocenters. The van der Waals surface area contributed by atoms with E-state index in [1.807, 2.05) is 0 Å². The van der Waals surface area contributed by atoms with Gasteiger partial charge in [0.1, 0.15) is 5.82 Å². The number of nitrogens with one attached hydrogen (secondary N) is 3. The zero-order chi connectivity index (χ0) is 17.2. The second kappa shape index (κ2) is 12.1. The summed E-state index contributed by atoms with van der Waals surface area (Å²) in [6.07, 6.45) is 5.54. The molecular formula is C18H28FIN4O. The molecular weight excluding hydrogens is 434 g/mol. The van der Waals surface area contributed by atoms with Gasteiger partial charge in [0, 0.05) is 33.1 Å². The van der Waals surface area contributed by atoms with Crippen LogP contribution in [0.4, 0.5) is 4.39 Å². The Morgan fingerprint density at radius 1 is 1.12 bits per heavy atom. The molecule has 3 N–H and O–H groups in total. The second-order valence-electron chi connectivity index (χ2n) is 6.18. The predicted molar refractivity (Wildman–Crippen MR) is 110 cm³/mol. The summed E-state index contributed by atoms with van der Waals surface area (Å²) in [5.74, 6) is 1.13. The Morgan fingerprint density at radius 3 is 2.40 bits per heavy atom. The van der Waals surface area contributed by atoms with E-state index in [2.05, 4.69) is 20.9 Å². The van der Waals surface area contributed by atoms with Crippen molar-refractivity contribution < 1.29 is 9.18 Å². The molecule has 0 spiro atoms. The highest BCUT2D eigenvalue weighted by atomic mass is 127. The van der Waals surface area contributed by atoms with Crippen molar-refractivity contribution in [1.29, 1.82) is 0 Å². The molecule has 0 heterocycles. The Hall–Kier alpha value is -1.38. The molecule has 1 saturated carbocycles. The largest absolute Gasteiger partial charge is 0.355 e. The van der Waals surface area contributed by atoms with Gasteiger partial charge in [0.05, 0.1) is 0 Å². The van der Waals surface area contributed by atoms with E-state index in [9.17, 15) is 9.18 Å². The summed E-state index contributed by atoms with van der Waals surface area (Å²) in [6.45, 7) is 1.75. The van der Waals surface area contributed by atoms with Gasteiger partial charge in [0.25, 0.3) is 0 Å². The van der Waals surface area contributed by atoms with E-state index in [0.717, 1.165) is 5.56 Å². The van der Waals surface area contributed by atoms with Crippen LogP contribution in [0.3, 0.4) is 0 Å². The van der Waals surface area contributed by atoms with Gasteiger partial charge in [-0.2, -0.15) is 0 Å². The summed E-state index contributed by atoms with van der Waals surface area (Å²) >= 11 is 0. The van der Waals surface area contributed by atoms with Crippen molar-refractivity contribution >= 4 is 35.8 Å². The molecule has 1 amide bonds. The minimum absolute atomic E-state index is 0. The van der Waals surface area contributed by atoms with Gasteiger partial charge in [-0.05, 0) is 36.5 Å². The Balaban J connectivity index is 0.00000312. The molecule has 140 valence electrons. The van der Waals surface area contributed by atoms with Gasteiger partial charge in [0.15, 0.2) is 5.96 Å². The van der Waals surface area contributed by atoms with Crippen LogP contribution in [0.5, 0.6) is 0 Å². The molecule has 0 bridgehead atoms. The quantitative estimate of drug-likeness (QED) is 0.253. The summed E-state index contributed by atoms with van der Waals surface area (Å²) in [6, 6.07) is 6.35. The lowest BCUT2D eigenvalue weighted by Crippen LogP contribution is -2.41. The van der Waals surface area contributed by atoms with Crippen LogP contribution in [-0.4, -0.2) is 32.0 Å². The molecule has 0 aromatic heterocycles. The molecule has 0 saturated heterocycles. The van der Waals surface area contributed by atoms with E-state index >= 15 is 0 Å². The highest BCUT2D eigenvalue weighted by Crippen LogP contribution is 2.27. The molecule has 5 nitrogen and oxygen atoms in total. The minimum Gasteiger partial charge on any atom is -0.355 e. The molecule has 1 fully saturated rings. The number of amides is 1. The number of rotatable bonds is 7. The van der Waals surface area contributed by atoms with Crippen LogP contribution >= 0.6 is 24.0 Å². The number of nitrogens with zero attached hydrogens (tertiary/aromatic N) is 1. The summed E-state index contributed by atoms with van der Waals surface area (Å²) in [5, 5.41) is 9.25. The lowest BCUT2D eigenvalue weighted by atomic mass is 10.0. The zero-order valence-corrected chi connectivity index (χ0v) is 17.0. The predicted octanol–water partition coefficient (Wildman–Crippen LogP) is 2.81. The molecule has 1 aliphatic rings. The van der Waals surface area contributed by atoms with Crippen molar-refractivity contribution in [3.8, 4) is 0 Å². The van der Waals surface area contributed by atoms with Gasteiger partial charge in [-0.1, -0.05) is 25.0 Å². The summed E-state index contributed by atoms with van der Waals surface area (Å²) in [4.78, 5) is 16.0. The highest BCUT2D eigenvalue weighted by Gasteiger charge is 2.17. The highest BCUT2D eigenvalue weighted by molar-refractivity contribution is 14.0. The number of halogens is 2. The summed E-state index contributed by atoms with van der Waals surface area (Å²) < 4.78 is 12.9. The molecule has 1 aliphatic carbocycles. The van der Waals surface area contributed by atoms with E-state index in [0.29, 0.717) is 37.9 Å². The fourth-order valence-corrected chi connectivity index (χ4v) is 2.94. The monoisotopic (exact) mass is 462 g/mol. The van der Waals surface area contributed by atoms with E-state index < -0.39 is 0 Å². The van der Waals surface area contributed by atoms with Crippen LogP contribution in [0.2, 0.25) is 0 Å². The van der Waals surface area contributed by atoms with Crippen LogP contribution < -0.4 is 16.0 Å². The third-order valence-electron chi connectivity index (χ3n) is 4.29. The third-order valence-corrected chi connectivity index (χ3v) is 4.29. The topological polar surface area (TPSA) is 65.5 Å².